The van der Waals surface area contributed by atoms with Crippen molar-refractivity contribution in [3.63, 3.8) is 0 Å². The fourth-order valence-electron chi connectivity index (χ4n) is 2.67. The Hall–Kier alpha value is -3.38. The molecule has 5 nitrogen and oxygen atoms in total. The number of anilines is 1. The average molecular weight is 418 g/mol. The van der Waals surface area contributed by atoms with Crippen LogP contribution in [0.1, 0.15) is 29.8 Å². The van der Waals surface area contributed by atoms with Gasteiger partial charge in [-0.3, -0.25) is 9.59 Å². The van der Waals surface area contributed by atoms with Crippen LogP contribution in [0.15, 0.2) is 94.9 Å². The van der Waals surface area contributed by atoms with Crippen molar-refractivity contribution in [2.24, 2.45) is 5.10 Å². The molecule has 0 aliphatic carbocycles. The molecular formula is C24H23N3O2S. The topological polar surface area (TPSA) is 70.6 Å². The molecule has 30 heavy (non-hydrogen) atoms. The average Bonchev–Trinajstić information content (AvgIpc) is 2.78. The molecule has 0 radical (unpaired) electrons. The van der Waals surface area contributed by atoms with Crippen LogP contribution in [0.4, 0.5) is 5.69 Å². The molecule has 3 aromatic rings. The summed E-state index contributed by atoms with van der Waals surface area (Å²) in [7, 11) is 0. The Morgan fingerprint density at radius 1 is 0.867 bits per heavy atom. The third-order valence-electron chi connectivity index (χ3n) is 4.33. The van der Waals surface area contributed by atoms with Crippen LogP contribution in [0.25, 0.3) is 0 Å². The minimum absolute atomic E-state index is 0.170. The van der Waals surface area contributed by atoms with Gasteiger partial charge in [-0.05, 0) is 55.8 Å². The van der Waals surface area contributed by atoms with Crippen molar-refractivity contribution in [3.05, 3.63) is 96.1 Å². The highest BCUT2D eigenvalue weighted by atomic mass is 32.2. The minimum Gasteiger partial charge on any atom is -0.322 e. The van der Waals surface area contributed by atoms with Gasteiger partial charge in [-0.25, -0.2) is 5.43 Å². The first-order chi connectivity index (χ1) is 14.5. The van der Waals surface area contributed by atoms with Crippen molar-refractivity contribution in [1.82, 2.24) is 5.43 Å². The lowest BCUT2D eigenvalue weighted by atomic mass is 10.1. The van der Waals surface area contributed by atoms with E-state index in [9.17, 15) is 9.59 Å². The summed E-state index contributed by atoms with van der Waals surface area (Å²) < 4.78 is 0. The van der Waals surface area contributed by atoms with Gasteiger partial charge in [-0.2, -0.15) is 5.10 Å². The molecule has 0 heterocycles. The van der Waals surface area contributed by atoms with Gasteiger partial charge in [0.25, 0.3) is 11.8 Å². The van der Waals surface area contributed by atoms with Crippen molar-refractivity contribution in [2.75, 3.05) is 5.32 Å². The molecule has 152 valence electrons. The molecule has 0 bridgehead atoms. The third-order valence-corrected chi connectivity index (χ3v) is 5.45. The van der Waals surface area contributed by atoms with Gasteiger partial charge in [0.2, 0.25) is 0 Å². The van der Waals surface area contributed by atoms with Crippen LogP contribution < -0.4 is 10.7 Å². The van der Waals surface area contributed by atoms with Gasteiger partial charge in [0.15, 0.2) is 0 Å². The first-order valence-electron chi connectivity index (χ1n) is 9.55. The normalized spacial score (nSPS) is 12.1. The first kappa shape index (κ1) is 21.3. The lowest BCUT2D eigenvalue weighted by Gasteiger charge is -2.10. The molecule has 0 unspecified atom stereocenters. The SMILES string of the molecule is C/C(=N/NC(=O)[C@@H](C)Sc1ccccc1)c1cccc(NC(=O)c2ccccc2)c1. The van der Waals surface area contributed by atoms with Crippen LogP contribution in [-0.2, 0) is 4.79 Å². The van der Waals surface area contributed by atoms with E-state index in [1.807, 2.05) is 86.6 Å². The molecule has 3 aromatic carbocycles. The summed E-state index contributed by atoms with van der Waals surface area (Å²) in [5.41, 5.74) is 5.34. The first-order valence-corrected chi connectivity index (χ1v) is 10.4. The second kappa shape index (κ2) is 10.4. The maximum atomic E-state index is 12.4. The zero-order chi connectivity index (χ0) is 21.3. The molecule has 2 N–H and O–H groups in total. The fourth-order valence-corrected chi connectivity index (χ4v) is 3.55. The van der Waals surface area contributed by atoms with Crippen LogP contribution in [0.3, 0.4) is 0 Å². The summed E-state index contributed by atoms with van der Waals surface area (Å²) in [6.07, 6.45) is 0. The van der Waals surface area contributed by atoms with Crippen LogP contribution in [0.5, 0.6) is 0 Å². The maximum absolute atomic E-state index is 12.4. The van der Waals surface area contributed by atoms with E-state index in [-0.39, 0.29) is 17.1 Å². The summed E-state index contributed by atoms with van der Waals surface area (Å²) in [5, 5.41) is 6.83. The van der Waals surface area contributed by atoms with Crippen molar-refractivity contribution in [3.8, 4) is 0 Å². The van der Waals surface area contributed by atoms with Crippen molar-refractivity contribution in [1.29, 1.82) is 0 Å². The van der Waals surface area contributed by atoms with E-state index in [4.69, 9.17) is 0 Å². The minimum atomic E-state index is -0.277. The quantitative estimate of drug-likeness (QED) is 0.324. The Kier molecular flexibility index (Phi) is 7.40. The lowest BCUT2D eigenvalue weighted by Crippen LogP contribution is -2.27. The summed E-state index contributed by atoms with van der Waals surface area (Å²) in [6.45, 7) is 3.66. The molecule has 0 spiro atoms. The number of amides is 2. The smallest absolute Gasteiger partial charge is 0.255 e. The number of hydrogen-bond donors (Lipinski definition) is 2. The Morgan fingerprint density at radius 3 is 2.20 bits per heavy atom. The fraction of sp³-hybridized carbons (Fsp3) is 0.125. The lowest BCUT2D eigenvalue weighted by molar-refractivity contribution is -0.120. The Morgan fingerprint density at radius 2 is 1.50 bits per heavy atom. The van der Waals surface area contributed by atoms with Crippen molar-refractivity contribution in [2.45, 2.75) is 24.0 Å². The maximum Gasteiger partial charge on any atom is 0.255 e. The summed E-state index contributed by atoms with van der Waals surface area (Å²) in [4.78, 5) is 25.7. The summed E-state index contributed by atoms with van der Waals surface area (Å²) in [5.74, 6) is -0.348. The third kappa shape index (κ3) is 6.06. The van der Waals surface area contributed by atoms with Crippen LogP contribution in [0.2, 0.25) is 0 Å². The summed E-state index contributed by atoms with van der Waals surface area (Å²) >= 11 is 1.48. The number of rotatable bonds is 7. The standard InChI is InChI=1S/C24H23N3O2S/c1-17(26-27-23(28)18(2)30-22-14-7-4-8-15-22)20-12-9-13-21(16-20)25-24(29)19-10-5-3-6-11-19/h3-16,18H,1-2H3,(H,25,29)(H,27,28)/b26-17-/t18-/m1/s1. The molecule has 3 rings (SSSR count). The molecular weight excluding hydrogens is 394 g/mol. The van der Waals surface area contributed by atoms with Crippen molar-refractivity contribution >= 4 is 35.0 Å². The number of benzene rings is 3. The van der Waals surface area contributed by atoms with Crippen LogP contribution in [0, 0.1) is 0 Å². The second-order valence-electron chi connectivity index (χ2n) is 6.65. The molecule has 0 aliphatic heterocycles. The number of nitrogens with zero attached hydrogens (tertiary/aromatic N) is 1. The monoisotopic (exact) mass is 417 g/mol. The number of carbonyl (C=O) groups excluding carboxylic acids is 2. The van der Waals surface area contributed by atoms with Gasteiger partial charge in [-0.15, -0.1) is 11.8 Å². The predicted molar refractivity (Wildman–Crippen MR) is 123 cm³/mol. The van der Waals surface area contributed by atoms with E-state index in [2.05, 4.69) is 15.8 Å². The number of hydrogen-bond acceptors (Lipinski definition) is 4. The van der Waals surface area contributed by atoms with E-state index in [1.165, 1.54) is 11.8 Å². The van der Waals surface area contributed by atoms with Gasteiger partial charge >= 0.3 is 0 Å². The van der Waals surface area contributed by atoms with Crippen molar-refractivity contribution < 1.29 is 9.59 Å². The molecule has 6 heteroatoms. The van der Waals surface area contributed by atoms with Gasteiger partial charge in [0.1, 0.15) is 0 Å². The number of nitrogens with one attached hydrogen (secondary N) is 2. The van der Waals surface area contributed by atoms with Gasteiger partial charge in [0, 0.05) is 16.1 Å². The predicted octanol–water partition coefficient (Wildman–Crippen LogP) is 4.96. The molecule has 0 saturated heterocycles. The molecule has 0 fully saturated rings. The highest BCUT2D eigenvalue weighted by molar-refractivity contribution is 8.00. The van der Waals surface area contributed by atoms with Crippen LogP contribution >= 0.6 is 11.8 Å². The number of carbonyl (C=O) groups is 2. The molecule has 0 aliphatic rings. The van der Waals surface area contributed by atoms with E-state index >= 15 is 0 Å². The van der Waals surface area contributed by atoms with E-state index in [1.54, 1.807) is 12.1 Å². The van der Waals surface area contributed by atoms with E-state index in [0.717, 1.165) is 10.5 Å². The van der Waals surface area contributed by atoms with E-state index in [0.29, 0.717) is 17.0 Å². The van der Waals surface area contributed by atoms with Gasteiger partial charge < -0.3 is 5.32 Å². The zero-order valence-corrected chi connectivity index (χ0v) is 17.6. The Bertz CT molecular complexity index is 1040. The van der Waals surface area contributed by atoms with E-state index < -0.39 is 0 Å². The largest absolute Gasteiger partial charge is 0.322 e. The molecule has 1 atom stereocenters. The number of hydrazone groups is 1. The van der Waals surface area contributed by atoms with Crippen LogP contribution in [-0.4, -0.2) is 22.8 Å². The highest BCUT2D eigenvalue weighted by Crippen LogP contribution is 2.22. The number of thioether (sulfide) groups is 1. The Labute approximate surface area is 180 Å². The Balaban J connectivity index is 1.61. The highest BCUT2D eigenvalue weighted by Gasteiger charge is 2.14. The second-order valence-corrected chi connectivity index (χ2v) is 8.06. The zero-order valence-electron chi connectivity index (χ0n) is 16.8. The molecule has 2 amide bonds. The van der Waals surface area contributed by atoms with Gasteiger partial charge in [0.05, 0.1) is 11.0 Å². The molecule has 0 aromatic heterocycles. The summed E-state index contributed by atoms with van der Waals surface area (Å²) in [6, 6.07) is 26.2. The van der Waals surface area contributed by atoms with Gasteiger partial charge in [-0.1, -0.05) is 48.5 Å². The molecule has 0 saturated carbocycles.